The molecule has 0 radical (unpaired) electrons. The number of halogens is 1. The van der Waals surface area contributed by atoms with E-state index in [9.17, 15) is 9.59 Å². The van der Waals surface area contributed by atoms with E-state index in [-0.39, 0.29) is 11.9 Å². The van der Waals surface area contributed by atoms with Crippen molar-refractivity contribution < 1.29 is 9.59 Å². The first kappa shape index (κ1) is 18.2. The van der Waals surface area contributed by atoms with Gasteiger partial charge in [-0.2, -0.15) is 0 Å². The van der Waals surface area contributed by atoms with E-state index in [2.05, 4.69) is 32.3 Å². The number of anilines is 1. The largest absolute Gasteiger partial charge is 0.355 e. The first-order valence-electron chi connectivity index (χ1n) is 9.73. The molecule has 6 nitrogen and oxygen atoms in total. The van der Waals surface area contributed by atoms with Gasteiger partial charge in [0.2, 0.25) is 0 Å². The van der Waals surface area contributed by atoms with E-state index >= 15 is 0 Å². The van der Waals surface area contributed by atoms with Gasteiger partial charge in [-0.3, -0.25) is 4.79 Å². The van der Waals surface area contributed by atoms with Gasteiger partial charge < -0.3 is 20.1 Å². The van der Waals surface area contributed by atoms with Crippen LogP contribution >= 0.6 is 15.9 Å². The standard InChI is InChI=1S/C22H21BrN4O2/c1-3-24-21(29)27-11-10-15-14-6-4-5-7-17(14)25-19(15)22(27)16-12-13(23)8-9-18(16)26(2)20(22)28/h4-9,12,25H,3,10-11H2,1-2H3,(H,24,29)/t22-/m0/s1. The van der Waals surface area contributed by atoms with Crippen molar-refractivity contribution in [1.82, 2.24) is 15.2 Å². The molecule has 3 heterocycles. The molecule has 2 aromatic carbocycles. The summed E-state index contributed by atoms with van der Waals surface area (Å²) in [6.07, 6.45) is 0.693. The molecular weight excluding hydrogens is 432 g/mol. The number of nitrogens with zero attached hydrogens (tertiary/aromatic N) is 2. The second-order valence-corrected chi connectivity index (χ2v) is 8.41. The highest BCUT2D eigenvalue weighted by molar-refractivity contribution is 9.10. The molecule has 3 aromatic rings. The van der Waals surface area contributed by atoms with E-state index in [0.717, 1.165) is 37.9 Å². The van der Waals surface area contributed by atoms with Crippen LogP contribution in [0.15, 0.2) is 46.9 Å². The first-order valence-corrected chi connectivity index (χ1v) is 10.5. The molecule has 2 aliphatic heterocycles. The van der Waals surface area contributed by atoms with Gasteiger partial charge in [-0.25, -0.2) is 4.79 Å². The van der Waals surface area contributed by atoms with Crippen molar-refractivity contribution in [1.29, 1.82) is 0 Å². The van der Waals surface area contributed by atoms with Crippen molar-refractivity contribution >= 4 is 44.5 Å². The Bertz CT molecular complexity index is 1170. The minimum Gasteiger partial charge on any atom is -0.355 e. The Hall–Kier alpha value is -2.80. The summed E-state index contributed by atoms with van der Waals surface area (Å²) in [5.74, 6) is -0.121. The Labute approximate surface area is 177 Å². The summed E-state index contributed by atoms with van der Waals surface area (Å²) in [6.45, 7) is 2.85. The molecule has 0 aliphatic carbocycles. The van der Waals surface area contributed by atoms with E-state index in [1.165, 1.54) is 0 Å². The molecule has 2 N–H and O–H groups in total. The molecule has 1 atom stereocenters. The van der Waals surface area contributed by atoms with Gasteiger partial charge in [0.25, 0.3) is 5.91 Å². The molecule has 1 aromatic heterocycles. The Morgan fingerprint density at radius 3 is 2.86 bits per heavy atom. The number of rotatable bonds is 1. The molecule has 2 aliphatic rings. The third-order valence-electron chi connectivity index (χ3n) is 6.06. The third kappa shape index (κ3) is 2.28. The summed E-state index contributed by atoms with van der Waals surface area (Å²) < 4.78 is 0.873. The van der Waals surface area contributed by atoms with E-state index < -0.39 is 5.54 Å². The van der Waals surface area contributed by atoms with Crippen LogP contribution in [0.1, 0.15) is 23.7 Å². The SMILES string of the molecule is CCNC(=O)N1CCc2c([nH]c3ccccc23)[C@@]12C(=O)N(C)c1ccc(Br)cc12. The summed E-state index contributed by atoms with van der Waals surface area (Å²) >= 11 is 3.56. The van der Waals surface area contributed by atoms with Crippen LogP contribution in [0, 0.1) is 0 Å². The second kappa shape index (κ2) is 6.35. The molecule has 0 saturated heterocycles. The molecule has 7 heteroatoms. The molecule has 5 rings (SSSR count). The third-order valence-corrected chi connectivity index (χ3v) is 6.56. The number of H-pyrrole nitrogens is 1. The van der Waals surface area contributed by atoms with Crippen molar-refractivity contribution in [3.8, 4) is 0 Å². The van der Waals surface area contributed by atoms with Gasteiger partial charge in [-0.1, -0.05) is 34.1 Å². The van der Waals surface area contributed by atoms with Gasteiger partial charge in [0.05, 0.1) is 5.69 Å². The molecule has 0 unspecified atom stereocenters. The number of urea groups is 1. The van der Waals surface area contributed by atoms with Crippen LogP contribution in [-0.2, 0) is 16.8 Å². The lowest BCUT2D eigenvalue weighted by Crippen LogP contribution is -2.61. The summed E-state index contributed by atoms with van der Waals surface area (Å²) in [5.41, 5.74) is 3.31. The zero-order chi connectivity index (χ0) is 20.3. The fourth-order valence-corrected chi connectivity index (χ4v) is 5.22. The number of likely N-dealkylation sites (N-methyl/N-ethyl adjacent to an activating group) is 1. The number of carbonyl (C=O) groups excluding carboxylic acids is 2. The highest BCUT2D eigenvalue weighted by Gasteiger charge is 2.60. The molecule has 0 fully saturated rings. The monoisotopic (exact) mass is 452 g/mol. The maximum atomic E-state index is 13.9. The van der Waals surface area contributed by atoms with Crippen LogP contribution < -0.4 is 10.2 Å². The normalized spacial score (nSPS) is 20.3. The van der Waals surface area contributed by atoms with Crippen molar-refractivity contribution in [2.24, 2.45) is 0 Å². The first-order chi connectivity index (χ1) is 14.0. The lowest BCUT2D eigenvalue weighted by atomic mass is 9.80. The number of hydrogen-bond donors (Lipinski definition) is 2. The van der Waals surface area contributed by atoms with Crippen LogP contribution in [0.2, 0.25) is 0 Å². The maximum Gasteiger partial charge on any atom is 0.318 e. The second-order valence-electron chi connectivity index (χ2n) is 7.50. The molecule has 148 valence electrons. The number of para-hydroxylation sites is 1. The predicted octanol–water partition coefficient (Wildman–Crippen LogP) is 3.74. The van der Waals surface area contributed by atoms with Gasteiger partial charge >= 0.3 is 6.03 Å². The quantitative estimate of drug-likeness (QED) is 0.590. The number of aromatic nitrogens is 1. The minimum absolute atomic E-state index is 0.121. The van der Waals surface area contributed by atoms with Crippen molar-refractivity contribution in [3.63, 3.8) is 0 Å². The molecular formula is C22H21BrN4O2. The van der Waals surface area contributed by atoms with Crippen LogP contribution in [0.4, 0.5) is 10.5 Å². The Balaban J connectivity index is 1.88. The predicted molar refractivity (Wildman–Crippen MR) is 116 cm³/mol. The highest BCUT2D eigenvalue weighted by atomic mass is 79.9. The minimum atomic E-state index is -1.21. The number of carbonyl (C=O) groups is 2. The van der Waals surface area contributed by atoms with Crippen LogP contribution in [0.5, 0.6) is 0 Å². The topological polar surface area (TPSA) is 68.4 Å². The van der Waals surface area contributed by atoms with Gasteiger partial charge in [0.15, 0.2) is 5.54 Å². The Morgan fingerprint density at radius 2 is 2.07 bits per heavy atom. The lowest BCUT2D eigenvalue weighted by Gasteiger charge is -2.43. The highest BCUT2D eigenvalue weighted by Crippen LogP contribution is 2.52. The van der Waals surface area contributed by atoms with Crippen LogP contribution in [0.25, 0.3) is 10.9 Å². The summed E-state index contributed by atoms with van der Waals surface area (Å²) in [5, 5.41) is 4.01. The van der Waals surface area contributed by atoms with Gasteiger partial charge in [0, 0.05) is 46.8 Å². The number of aromatic amines is 1. The fourth-order valence-electron chi connectivity index (χ4n) is 4.86. The fraction of sp³-hybridized carbons (Fsp3) is 0.273. The average molecular weight is 453 g/mol. The zero-order valence-electron chi connectivity index (χ0n) is 16.3. The van der Waals surface area contributed by atoms with Crippen LogP contribution in [-0.4, -0.2) is 42.0 Å². The number of benzene rings is 2. The van der Waals surface area contributed by atoms with Crippen LogP contribution in [0.3, 0.4) is 0 Å². The van der Waals surface area contributed by atoms with E-state index in [1.807, 2.05) is 43.3 Å². The summed E-state index contributed by atoms with van der Waals surface area (Å²) in [4.78, 5) is 33.9. The van der Waals surface area contributed by atoms with E-state index in [1.54, 1.807) is 16.8 Å². The smallest absolute Gasteiger partial charge is 0.318 e. The van der Waals surface area contributed by atoms with Gasteiger partial charge in [0.1, 0.15) is 0 Å². The average Bonchev–Trinajstić information content (AvgIpc) is 3.19. The molecule has 0 bridgehead atoms. The molecule has 29 heavy (non-hydrogen) atoms. The Kier molecular flexibility index (Phi) is 4.00. The van der Waals surface area contributed by atoms with E-state index in [0.29, 0.717) is 19.5 Å². The maximum absolute atomic E-state index is 13.9. The van der Waals surface area contributed by atoms with Crippen molar-refractivity contribution in [2.45, 2.75) is 18.9 Å². The van der Waals surface area contributed by atoms with Crippen molar-refractivity contribution in [2.75, 3.05) is 25.0 Å². The van der Waals surface area contributed by atoms with E-state index in [4.69, 9.17) is 0 Å². The number of fused-ring (bicyclic) bond motifs is 6. The molecule has 0 saturated carbocycles. The molecule has 1 spiro atoms. The lowest BCUT2D eigenvalue weighted by molar-refractivity contribution is -0.126. The van der Waals surface area contributed by atoms with Crippen molar-refractivity contribution in [3.05, 3.63) is 63.8 Å². The number of amides is 3. The number of hydrogen-bond acceptors (Lipinski definition) is 2. The number of nitrogens with one attached hydrogen (secondary N) is 2. The zero-order valence-corrected chi connectivity index (χ0v) is 17.8. The molecule has 3 amide bonds. The summed E-state index contributed by atoms with van der Waals surface area (Å²) in [7, 11) is 1.77. The summed E-state index contributed by atoms with van der Waals surface area (Å²) in [6, 6.07) is 13.7. The Morgan fingerprint density at radius 1 is 1.28 bits per heavy atom. The van der Waals surface area contributed by atoms with Gasteiger partial charge in [-0.15, -0.1) is 0 Å². The van der Waals surface area contributed by atoms with Gasteiger partial charge in [-0.05, 0) is 43.2 Å².